The van der Waals surface area contributed by atoms with Gasteiger partial charge in [-0.2, -0.15) is 0 Å². The minimum Gasteiger partial charge on any atom is -0.384 e. The maximum Gasteiger partial charge on any atom is 0.103 e. The third-order valence-corrected chi connectivity index (χ3v) is 4.86. The fraction of sp³-hybridized carbons (Fsp3) is 0.647. The SMILES string of the molecule is CCC1CCC(C)N1CCC(O)(CN)c1ccccc1. The van der Waals surface area contributed by atoms with Crippen molar-refractivity contribution in [3.05, 3.63) is 35.9 Å². The van der Waals surface area contributed by atoms with Gasteiger partial charge in [-0.15, -0.1) is 0 Å². The van der Waals surface area contributed by atoms with Crippen molar-refractivity contribution < 1.29 is 5.11 Å². The van der Waals surface area contributed by atoms with Crippen molar-refractivity contribution in [1.29, 1.82) is 0 Å². The standard InChI is InChI=1S/C17H28N2O/c1-3-16-10-9-14(2)19(16)12-11-17(20,13-18)15-7-5-4-6-8-15/h4-8,14,16,20H,3,9-13,18H2,1-2H3. The highest BCUT2D eigenvalue weighted by molar-refractivity contribution is 5.22. The summed E-state index contributed by atoms with van der Waals surface area (Å²) in [6.45, 7) is 5.74. The van der Waals surface area contributed by atoms with E-state index in [0.29, 0.717) is 18.5 Å². The van der Waals surface area contributed by atoms with E-state index >= 15 is 0 Å². The predicted octanol–water partition coefficient (Wildman–Crippen LogP) is 2.49. The van der Waals surface area contributed by atoms with E-state index in [0.717, 1.165) is 12.1 Å². The molecule has 0 aliphatic carbocycles. The minimum atomic E-state index is -0.901. The van der Waals surface area contributed by atoms with E-state index in [1.807, 2.05) is 30.3 Å². The van der Waals surface area contributed by atoms with Crippen LogP contribution in [0, 0.1) is 0 Å². The third-order valence-electron chi connectivity index (χ3n) is 4.86. The Morgan fingerprint density at radius 3 is 2.60 bits per heavy atom. The molecule has 3 N–H and O–H groups in total. The summed E-state index contributed by atoms with van der Waals surface area (Å²) in [6, 6.07) is 11.1. The third kappa shape index (κ3) is 3.22. The zero-order chi connectivity index (χ0) is 14.6. The van der Waals surface area contributed by atoms with E-state index in [2.05, 4.69) is 18.7 Å². The summed E-state index contributed by atoms with van der Waals surface area (Å²) in [4.78, 5) is 2.55. The van der Waals surface area contributed by atoms with Gasteiger partial charge >= 0.3 is 0 Å². The average Bonchev–Trinajstić information content (AvgIpc) is 2.86. The molecule has 0 saturated carbocycles. The molecule has 20 heavy (non-hydrogen) atoms. The molecule has 3 heteroatoms. The molecule has 1 aliphatic heterocycles. The molecule has 3 nitrogen and oxygen atoms in total. The molecule has 3 atom stereocenters. The summed E-state index contributed by atoms with van der Waals surface area (Å²) in [6.07, 6.45) is 4.44. The lowest BCUT2D eigenvalue weighted by atomic mass is 9.90. The highest BCUT2D eigenvalue weighted by atomic mass is 16.3. The largest absolute Gasteiger partial charge is 0.384 e. The van der Waals surface area contributed by atoms with Crippen molar-refractivity contribution in [2.24, 2.45) is 5.73 Å². The number of hydrogen-bond acceptors (Lipinski definition) is 3. The second-order valence-corrected chi connectivity index (χ2v) is 6.08. The zero-order valence-corrected chi connectivity index (χ0v) is 12.8. The van der Waals surface area contributed by atoms with Gasteiger partial charge < -0.3 is 10.8 Å². The van der Waals surface area contributed by atoms with Gasteiger partial charge in [0.1, 0.15) is 5.60 Å². The number of rotatable bonds is 6. The molecule has 2 rings (SSSR count). The molecule has 1 heterocycles. The first-order chi connectivity index (χ1) is 9.60. The summed E-state index contributed by atoms with van der Waals surface area (Å²) in [5, 5.41) is 10.8. The van der Waals surface area contributed by atoms with Crippen LogP contribution in [0.2, 0.25) is 0 Å². The molecule has 1 aromatic carbocycles. The number of hydrogen-bond donors (Lipinski definition) is 2. The molecule has 1 fully saturated rings. The van der Waals surface area contributed by atoms with Gasteiger partial charge in [-0.05, 0) is 38.2 Å². The van der Waals surface area contributed by atoms with Crippen LogP contribution in [0.5, 0.6) is 0 Å². The first kappa shape index (κ1) is 15.5. The normalized spacial score (nSPS) is 26.6. The van der Waals surface area contributed by atoms with Crippen LogP contribution in [0.15, 0.2) is 30.3 Å². The van der Waals surface area contributed by atoms with E-state index in [1.54, 1.807) is 0 Å². The van der Waals surface area contributed by atoms with E-state index in [9.17, 15) is 5.11 Å². The average molecular weight is 276 g/mol. The maximum absolute atomic E-state index is 10.8. The fourth-order valence-corrected chi connectivity index (χ4v) is 3.39. The van der Waals surface area contributed by atoms with Gasteiger partial charge in [0.2, 0.25) is 0 Å². The number of nitrogens with zero attached hydrogens (tertiary/aromatic N) is 1. The number of likely N-dealkylation sites (tertiary alicyclic amines) is 1. The van der Waals surface area contributed by atoms with Gasteiger partial charge in [0.25, 0.3) is 0 Å². The molecular weight excluding hydrogens is 248 g/mol. The van der Waals surface area contributed by atoms with E-state index in [4.69, 9.17) is 5.73 Å². The lowest BCUT2D eigenvalue weighted by Crippen LogP contribution is -2.42. The van der Waals surface area contributed by atoms with Crippen molar-refractivity contribution >= 4 is 0 Å². The Morgan fingerprint density at radius 1 is 1.30 bits per heavy atom. The molecular formula is C17H28N2O. The molecule has 112 valence electrons. The van der Waals surface area contributed by atoms with E-state index in [1.165, 1.54) is 19.3 Å². The van der Waals surface area contributed by atoms with E-state index < -0.39 is 5.60 Å². The highest BCUT2D eigenvalue weighted by Crippen LogP contribution is 2.30. The Hall–Kier alpha value is -0.900. The number of nitrogens with two attached hydrogens (primary N) is 1. The van der Waals surface area contributed by atoms with Crippen LogP contribution in [0.3, 0.4) is 0 Å². The molecule has 0 bridgehead atoms. The molecule has 0 spiro atoms. The Labute approximate surface area is 122 Å². The van der Waals surface area contributed by atoms with Crippen LogP contribution in [0.4, 0.5) is 0 Å². The quantitative estimate of drug-likeness (QED) is 0.839. The molecule has 0 aromatic heterocycles. The number of aliphatic hydroxyl groups is 1. The van der Waals surface area contributed by atoms with Crippen molar-refractivity contribution in [3.63, 3.8) is 0 Å². The van der Waals surface area contributed by atoms with Crippen molar-refractivity contribution in [1.82, 2.24) is 4.90 Å². The second kappa shape index (κ2) is 6.70. The van der Waals surface area contributed by atoms with Gasteiger partial charge in [0.15, 0.2) is 0 Å². The van der Waals surface area contributed by atoms with Gasteiger partial charge in [0, 0.05) is 25.2 Å². The summed E-state index contributed by atoms with van der Waals surface area (Å²) < 4.78 is 0. The molecule has 3 unspecified atom stereocenters. The van der Waals surface area contributed by atoms with Gasteiger partial charge in [0.05, 0.1) is 0 Å². The lowest BCUT2D eigenvalue weighted by molar-refractivity contribution is 0.0203. The Morgan fingerprint density at radius 2 is 2.00 bits per heavy atom. The van der Waals surface area contributed by atoms with E-state index in [-0.39, 0.29) is 6.54 Å². The number of benzene rings is 1. The van der Waals surface area contributed by atoms with Gasteiger partial charge in [-0.25, -0.2) is 0 Å². The lowest BCUT2D eigenvalue weighted by Gasteiger charge is -2.33. The highest BCUT2D eigenvalue weighted by Gasteiger charge is 2.33. The van der Waals surface area contributed by atoms with Crippen LogP contribution in [-0.2, 0) is 5.60 Å². The Bertz CT molecular complexity index is 409. The van der Waals surface area contributed by atoms with Crippen LogP contribution in [0.1, 0.15) is 45.1 Å². The smallest absolute Gasteiger partial charge is 0.103 e. The Balaban J connectivity index is 2.04. The first-order valence-corrected chi connectivity index (χ1v) is 7.84. The summed E-state index contributed by atoms with van der Waals surface area (Å²) in [5.41, 5.74) is 5.89. The molecule has 1 saturated heterocycles. The van der Waals surface area contributed by atoms with Crippen molar-refractivity contribution in [2.45, 2.75) is 57.2 Å². The van der Waals surface area contributed by atoms with Crippen LogP contribution < -0.4 is 5.73 Å². The zero-order valence-electron chi connectivity index (χ0n) is 12.8. The molecule has 1 aliphatic rings. The Kier molecular flexibility index (Phi) is 5.19. The fourth-order valence-electron chi connectivity index (χ4n) is 3.39. The first-order valence-electron chi connectivity index (χ1n) is 7.84. The monoisotopic (exact) mass is 276 g/mol. The summed E-state index contributed by atoms with van der Waals surface area (Å²) >= 11 is 0. The van der Waals surface area contributed by atoms with Crippen LogP contribution >= 0.6 is 0 Å². The summed E-state index contributed by atoms with van der Waals surface area (Å²) in [7, 11) is 0. The molecule has 0 radical (unpaired) electrons. The van der Waals surface area contributed by atoms with Crippen molar-refractivity contribution in [3.8, 4) is 0 Å². The molecule has 0 amide bonds. The maximum atomic E-state index is 10.8. The van der Waals surface area contributed by atoms with Crippen molar-refractivity contribution in [2.75, 3.05) is 13.1 Å². The van der Waals surface area contributed by atoms with Crippen LogP contribution in [0.25, 0.3) is 0 Å². The second-order valence-electron chi connectivity index (χ2n) is 6.08. The van der Waals surface area contributed by atoms with Gasteiger partial charge in [-0.1, -0.05) is 37.3 Å². The summed E-state index contributed by atoms with van der Waals surface area (Å²) in [5.74, 6) is 0. The minimum absolute atomic E-state index is 0.274. The van der Waals surface area contributed by atoms with Gasteiger partial charge in [-0.3, -0.25) is 4.90 Å². The topological polar surface area (TPSA) is 49.5 Å². The molecule has 1 aromatic rings. The van der Waals surface area contributed by atoms with Crippen LogP contribution in [-0.4, -0.2) is 35.2 Å². The predicted molar refractivity (Wildman–Crippen MR) is 83.5 cm³/mol.